The molecule has 138 valence electrons. The number of rotatable bonds is 6. The zero-order valence-electron chi connectivity index (χ0n) is 15.4. The first-order valence-corrected chi connectivity index (χ1v) is 9.53. The highest BCUT2D eigenvalue weighted by molar-refractivity contribution is 5.10. The zero-order chi connectivity index (χ0) is 17.8. The van der Waals surface area contributed by atoms with Crippen LogP contribution < -0.4 is 0 Å². The van der Waals surface area contributed by atoms with Crippen molar-refractivity contribution in [3.63, 3.8) is 0 Å². The van der Waals surface area contributed by atoms with Crippen LogP contribution in [0.25, 0.3) is 0 Å². The van der Waals surface area contributed by atoms with Gasteiger partial charge >= 0.3 is 0 Å². The summed E-state index contributed by atoms with van der Waals surface area (Å²) in [6.07, 6.45) is 6.37. The van der Waals surface area contributed by atoms with Gasteiger partial charge in [-0.25, -0.2) is 0 Å². The van der Waals surface area contributed by atoms with Crippen LogP contribution in [0.3, 0.4) is 0 Å². The maximum absolute atomic E-state index is 6.06. The van der Waals surface area contributed by atoms with Crippen molar-refractivity contribution in [2.45, 2.75) is 45.1 Å². The number of aryl methyl sites for hydroxylation is 1. The standard InChI is InChI=1S/C21H27N3O2/c1-16-4-2-6-19(23-16)15-25-14-18-10-20-21(11-18)26-9-8-24(20)13-17-5-3-7-22-12-17/h2-7,12,18,20-21H,8-11,13-15H2,1H3/t18-,20-,21+/m0/s1. The Hall–Kier alpha value is -1.82. The fourth-order valence-corrected chi connectivity index (χ4v) is 4.19. The summed E-state index contributed by atoms with van der Waals surface area (Å²) in [7, 11) is 0. The molecule has 5 nitrogen and oxygen atoms in total. The Morgan fingerprint density at radius 3 is 3.04 bits per heavy atom. The first-order chi connectivity index (χ1) is 12.8. The monoisotopic (exact) mass is 353 g/mol. The van der Waals surface area contributed by atoms with E-state index in [0.717, 1.165) is 50.5 Å². The van der Waals surface area contributed by atoms with E-state index >= 15 is 0 Å². The number of hydrogen-bond donors (Lipinski definition) is 0. The van der Waals surface area contributed by atoms with Gasteiger partial charge in [0.15, 0.2) is 0 Å². The Kier molecular flexibility index (Phi) is 5.58. The van der Waals surface area contributed by atoms with E-state index in [4.69, 9.17) is 9.47 Å². The van der Waals surface area contributed by atoms with E-state index in [1.807, 2.05) is 43.6 Å². The molecule has 0 bridgehead atoms. The van der Waals surface area contributed by atoms with Crippen LogP contribution in [0.5, 0.6) is 0 Å². The van der Waals surface area contributed by atoms with Gasteiger partial charge < -0.3 is 9.47 Å². The predicted molar refractivity (Wildman–Crippen MR) is 99.5 cm³/mol. The van der Waals surface area contributed by atoms with Gasteiger partial charge in [0.25, 0.3) is 0 Å². The number of pyridine rings is 2. The molecule has 2 aliphatic rings. The molecule has 0 spiro atoms. The number of ether oxygens (including phenoxy) is 2. The third-order valence-electron chi connectivity index (χ3n) is 5.41. The molecule has 1 aliphatic heterocycles. The molecule has 1 saturated heterocycles. The SMILES string of the molecule is Cc1cccc(COC[C@@H]2C[C@H]3OCCN(Cc4cccnc4)[C@H]3C2)n1. The van der Waals surface area contributed by atoms with E-state index in [1.54, 1.807) is 0 Å². The van der Waals surface area contributed by atoms with Crippen LogP contribution in [0.2, 0.25) is 0 Å². The van der Waals surface area contributed by atoms with Crippen LogP contribution >= 0.6 is 0 Å². The molecule has 3 atom stereocenters. The summed E-state index contributed by atoms with van der Waals surface area (Å²) in [4.78, 5) is 11.3. The van der Waals surface area contributed by atoms with Crippen LogP contribution in [0, 0.1) is 12.8 Å². The molecular formula is C21H27N3O2. The quantitative estimate of drug-likeness (QED) is 0.799. The van der Waals surface area contributed by atoms with Crippen molar-refractivity contribution in [1.29, 1.82) is 0 Å². The minimum atomic E-state index is 0.339. The molecular weight excluding hydrogens is 326 g/mol. The number of hydrogen-bond acceptors (Lipinski definition) is 5. The molecule has 1 aliphatic carbocycles. The molecule has 0 amide bonds. The lowest BCUT2D eigenvalue weighted by Crippen LogP contribution is -2.47. The maximum atomic E-state index is 6.06. The first-order valence-electron chi connectivity index (χ1n) is 9.53. The van der Waals surface area contributed by atoms with E-state index in [2.05, 4.69) is 20.9 Å². The van der Waals surface area contributed by atoms with Crippen LogP contribution in [-0.4, -0.2) is 46.8 Å². The molecule has 1 saturated carbocycles. The molecule has 2 aromatic heterocycles. The van der Waals surface area contributed by atoms with Crippen LogP contribution in [0.4, 0.5) is 0 Å². The molecule has 2 aromatic rings. The van der Waals surface area contributed by atoms with Gasteiger partial charge in [-0.15, -0.1) is 0 Å². The van der Waals surface area contributed by atoms with E-state index < -0.39 is 0 Å². The van der Waals surface area contributed by atoms with E-state index in [-0.39, 0.29) is 0 Å². The summed E-state index contributed by atoms with van der Waals surface area (Å²) in [5.41, 5.74) is 3.32. The Morgan fingerprint density at radius 2 is 2.19 bits per heavy atom. The summed E-state index contributed by atoms with van der Waals surface area (Å²) < 4.78 is 12.0. The molecule has 4 rings (SSSR count). The van der Waals surface area contributed by atoms with Crippen molar-refractivity contribution in [3.8, 4) is 0 Å². The fourth-order valence-electron chi connectivity index (χ4n) is 4.19. The van der Waals surface area contributed by atoms with Crippen molar-refractivity contribution in [1.82, 2.24) is 14.9 Å². The summed E-state index contributed by atoms with van der Waals surface area (Å²) in [6.45, 7) is 6.16. The highest BCUT2D eigenvalue weighted by Gasteiger charge is 2.40. The average Bonchev–Trinajstić information content (AvgIpc) is 3.07. The predicted octanol–water partition coefficient (Wildman–Crippen LogP) is 2.98. The molecule has 0 unspecified atom stereocenters. The van der Waals surface area contributed by atoms with Crippen molar-refractivity contribution >= 4 is 0 Å². The van der Waals surface area contributed by atoms with Gasteiger partial charge in [-0.05, 0) is 49.4 Å². The molecule has 3 heterocycles. The van der Waals surface area contributed by atoms with Gasteiger partial charge in [-0.3, -0.25) is 14.9 Å². The Balaban J connectivity index is 1.29. The van der Waals surface area contributed by atoms with Crippen molar-refractivity contribution in [2.75, 3.05) is 19.8 Å². The number of nitrogens with zero attached hydrogens (tertiary/aromatic N) is 3. The molecule has 0 aromatic carbocycles. The minimum absolute atomic E-state index is 0.339. The Morgan fingerprint density at radius 1 is 1.23 bits per heavy atom. The van der Waals surface area contributed by atoms with Crippen LogP contribution in [0.15, 0.2) is 42.7 Å². The topological polar surface area (TPSA) is 47.5 Å². The van der Waals surface area contributed by atoms with Gasteiger partial charge in [0.05, 0.1) is 31.6 Å². The summed E-state index contributed by atoms with van der Waals surface area (Å²) >= 11 is 0. The molecule has 26 heavy (non-hydrogen) atoms. The molecule has 0 N–H and O–H groups in total. The molecule has 0 radical (unpaired) electrons. The van der Waals surface area contributed by atoms with Crippen molar-refractivity contribution in [3.05, 3.63) is 59.7 Å². The maximum Gasteiger partial charge on any atom is 0.0888 e. The van der Waals surface area contributed by atoms with Gasteiger partial charge in [-0.1, -0.05) is 12.1 Å². The van der Waals surface area contributed by atoms with Gasteiger partial charge in [0.1, 0.15) is 0 Å². The lowest BCUT2D eigenvalue weighted by atomic mass is 10.1. The van der Waals surface area contributed by atoms with E-state index in [0.29, 0.717) is 24.7 Å². The van der Waals surface area contributed by atoms with Crippen LogP contribution in [0.1, 0.15) is 29.8 Å². The summed E-state index contributed by atoms with van der Waals surface area (Å²) in [5, 5.41) is 0. The second-order valence-electron chi connectivity index (χ2n) is 7.43. The van der Waals surface area contributed by atoms with Crippen LogP contribution in [-0.2, 0) is 22.6 Å². The Labute approximate surface area is 155 Å². The van der Waals surface area contributed by atoms with E-state index in [1.165, 1.54) is 5.56 Å². The Bertz CT molecular complexity index is 709. The second-order valence-corrected chi connectivity index (χ2v) is 7.43. The lowest BCUT2D eigenvalue weighted by Gasteiger charge is -2.37. The van der Waals surface area contributed by atoms with E-state index in [9.17, 15) is 0 Å². The minimum Gasteiger partial charge on any atom is -0.375 e. The molecule has 5 heteroatoms. The highest BCUT2D eigenvalue weighted by Crippen LogP contribution is 2.35. The third-order valence-corrected chi connectivity index (χ3v) is 5.41. The lowest BCUT2D eigenvalue weighted by molar-refractivity contribution is -0.0591. The van der Waals surface area contributed by atoms with Gasteiger partial charge in [0, 0.05) is 37.2 Å². The third kappa shape index (κ3) is 4.29. The van der Waals surface area contributed by atoms with Crippen molar-refractivity contribution < 1.29 is 9.47 Å². The first kappa shape index (κ1) is 17.6. The number of morpholine rings is 1. The molecule has 2 fully saturated rings. The summed E-state index contributed by atoms with van der Waals surface area (Å²) in [5.74, 6) is 0.560. The number of aromatic nitrogens is 2. The zero-order valence-corrected chi connectivity index (χ0v) is 15.4. The van der Waals surface area contributed by atoms with Gasteiger partial charge in [0.2, 0.25) is 0 Å². The smallest absolute Gasteiger partial charge is 0.0888 e. The summed E-state index contributed by atoms with van der Waals surface area (Å²) in [6, 6.07) is 10.7. The number of fused-ring (bicyclic) bond motifs is 1. The highest BCUT2D eigenvalue weighted by atomic mass is 16.5. The van der Waals surface area contributed by atoms with Crippen molar-refractivity contribution in [2.24, 2.45) is 5.92 Å². The fraction of sp³-hybridized carbons (Fsp3) is 0.524. The average molecular weight is 353 g/mol. The largest absolute Gasteiger partial charge is 0.375 e. The second kappa shape index (κ2) is 8.25. The van der Waals surface area contributed by atoms with Gasteiger partial charge in [-0.2, -0.15) is 0 Å². The normalized spacial score (nSPS) is 26.0.